The fourth-order valence-corrected chi connectivity index (χ4v) is 2.12. The number of para-hydroxylation sites is 1. The molecule has 0 fully saturated rings. The minimum absolute atomic E-state index is 0.0191. The number of ether oxygens (including phenoxy) is 2. The lowest BCUT2D eigenvalue weighted by molar-refractivity contribution is -0.146. The first-order valence-electron chi connectivity index (χ1n) is 7.93. The normalized spacial score (nSPS) is 11.3. The van der Waals surface area contributed by atoms with Crippen molar-refractivity contribution in [2.24, 2.45) is 0 Å². The zero-order chi connectivity index (χ0) is 17.9. The Bertz CT molecular complexity index is 574. The minimum Gasteiger partial charge on any atom is -0.466 e. The van der Waals surface area contributed by atoms with Crippen molar-refractivity contribution in [3.05, 3.63) is 29.8 Å². The Labute approximate surface area is 141 Å². The van der Waals surface area contributed by atoms with Crippen molar-refractivity contribution in [1.29, 1.82) is 0 Å². The molecule has 2 N–H and O–H groups in total. The van der Waals surface area contributed by atoms with Crippen LogP contribution in [0.2, 0.25) is 0 Å². The third-order valence-electron chi connectivity index (χ3n) is 3.26. The molecule has 1 amide bonds. The van der Waals surface area contributed by atoms with E-state index in [4.69, 9.17) is 9.47 Å². The molecular weight excluding hydrogens is 312 g/mol. The largest absolute Gasteiger partial charge is 0.466 e. The first-order chi connectivity index (χ1) is 11.5. The summed E-state index contributed by atoms with van der Waals surface area (Å²) < 4.78 is 9.81. The summed E-state index contributed by atoms with van der Waals surface area (Å²) in [5.41, 5.74) is 1.05. The molecule has 0 heterocycles. The molecule has 1 aromatic carbocycles. The van der Waals surface area contributed by atoms with Crippen molar-refractivity contribution < 1.29 is 23.9 Å². The SMILES string of the molecule is CCOC(=O)CC[C@@H](NC(=O)c1ccccc1NC)C(=O)OCC. The number of amides is 1. The smallest absolute Gasteiger partial charge is 0.328 e. The van der Waals surface area contributed by atoms with Crippen molar-refractivity contribution in [2.75, 3.05) is 25.6 Å². The molecule has 0 aliphatic carbocycles. The fraction of sp³-hybridized carbons (Fsp3) is 0.471. The van der Waals surface area contributed by atoms with E-state index in [0.717, 1.165) is 0 Å². The van der Waals surface area contributed by atoms with Gasteiger partial charge in [0.1, 0.15) is 6.04 Å². The number of hydrogen-bond acceptors (Lipinski definition) is 6. The second kappa shape index (κ2) is 10.3. The summed E-state index contributed by atoms with van der Waals surface area (Å²) in [5.74, 6) is -1.41. The van der Waals surface area contributed by atoms with Gasteiger partial charge in [-0.15, -0.1) is 0 Å². The molecule has 0 saturated carbocycles. The highest BCUT2D eigenvalue weighted by molar-refractivity contribution is 6.01. The Kier molecular flexibility index (Phi) is 8.32. The molecule has 0 aliphatic rings. The average molecular weight is 336 g/mol. The van der Waals surface area contributed by atoms with Gasteiger partial charge in [0.25, 0.3) is 5.91 Å². The standard InChI is InChI=1S/C17H24N2O5/c1-4-23-15(20)11-10-14(17(22)24-5-2)19-16(21)12-8-6-7-9-13(12)18-3/h6-9,14,18H,4-5,10-11H2,1-3H3,(H,19,21)/t14-/m1/s1. The van der Waals surface area contributed by atoms with Crippen molar-refractivity contribution >= 4 is 23.5 Å². The Hall–Kier alpha value is -2.57. The Morgan fingerprint density at radius 3 is 2.38 bits per heavy atom. The molecule has 7 nitrogen and oxygen atoms in total. The molecule has 0 saturated heterocycles. The van der Waals surface area contributed by atoms with Crippen LogP contribution in [0.4, 0.5) is 5.69 Å². The van der Waals surface area contributed by atoms with Crippen molar-refractivity contribution in [1.82, 2.24) is 5.32 Å². The zero-order valence-electron chi connectivity index (χ0n) is 14.3. The van der Waals surface area contributed by atoms with Crippen LogP contribution in [-0.2, 0) is 19.1 Å². The van der Waals surface area contributed by atoms with Gasteiger partial charge < -0.3 is 20.1 Å². The molecule has 1 aromatic rings. The summed E-state index contributed by atoms with van der Waals surface area (Å²) in [5, 5.41) is 5.55. The Balaban J connectivity index is 2.81. The summed E-state index contributed by atoms with van der Waals surface area (Å²) in [6.45, 7) is 3.85. The summed E-state index contributed by atoms with van der Waals surface area (Å²) in [4.78, 5) is 36.0. The maximum Gasteiger partial charge on any atom is 0.328 e. The summed E-state index contributed by atoms with van der Waals surface area (Å²) in [7, 11) is 1.70. The molecule has 132 valence electrons. The number of hydrogen-bond donors (Lipinski definition) is 2. The second-order valence-corrected chi connectivity index (χ2v) is 4.92. The summed E-state index contributed by atoms with van der Waals surface area (Å²) in [6.07, 6.45) is 0.135. The van der Waals surface area contributed by atoms with E-state index < -0.39 is 23.9 Å². The molecule has 0 unspecified atom stereocenters. The lowest BCUT2D eigenvalue weighted by atomic mass is 10.1. The van der Waals surface area contributed by atoms with Gasteiger partial charge in [0, 0.05) is 19.2 Å². The molecule has 0 bridgehead atoms. The van der Waals surface area contributed by atoms with Crippen LogP contribution >= 0.6 is 0 Å². The van der Waals surface area contributed by atoms with Gasteiger partial charge in [-0.1, -0.05) is 12.1 Å². The van der Waals surface area contributed by atoms with Crippen LogP contribution in [0.5, 0.6) is 0 Å². The van der Waals surface area contributed by atoms with E-state index in [-0.39, 0.29) is 26.1 Å². The average Bonchev–Trinajstić information content (AvgIpc) is 2.58. The van der Waals surface area contributed by atoms with E-state index in [1.54, 1.807) is 45.2 Å². The second-order valence-electron chi connectivity index (χ2n) is 4.92. The maximum atomic E-state index is 12.4. The number of esters is 2. The number of anilines is 1. The Morgan fingerprint density at radius 1 is 1.08 bits per heavy atom. The quantitative estimate of drug-likeness (QED) is 0.667. The first-order valence-corrected chi connectivity index (χ1v) is 7.93. The molecule has 0 radical (unpaired) electrons. The number of benzene rings is 1. The summed E-state index contributed by atoms with van der Waals surface area (Å²) >= 11 is 0. The molecule has 0 aliphatic heterocycles. The molecule has 24 heavy (non-hydrogen) atoms. The number of rotatable bonds is 9. The van der Waals surface area contributed by atoms with Crippen molar-refractivity contribution in [3.8, 4) is 0 Å². The van der Waals surface area contributed by atoms with Gasteiger partial charge in [0.15, 0.2) is 0 Å². The van der Waals surface area contributed by atoms with Crippen LogP contribution in [0, 0.1) is 0 Å². The van der Waals surface area contributed by atoms with Crippen LogP contribution in [-0.4, -0.2) is 44.1 Å². The van der Waals surface area contributed by atoms with Crippen LogP contribution < -0.4 is 10.6 Å². The molecule has 1 atom stereocenters. The molecule has 0 spiro atoms. The van der Waals surface area contributed by atoms with E-state index in [0.29, 0.717) is 11.3 Å². The summed E-state index contributed by atoms with van der Waals surface area (Å²) in [6, 6.07) is 6.02. The third-order valence-corrected chi connectivity index (χ3v) is 3.26. The highest BCUT2D eigenvalue weighted by atomic mass is 16.5. The van der Waals surface area contributed by atoms with Gasteiger partial charge in [-0.2, -0.15) is 0 Å². The lowest BCUT2D eigenvalue weighted by Crippen LogP contribution is -2.42. The lowest BCUT2D eigenvalue weighted by Gasteiger charge is -2.18. The monoisotopic (exact) mass is 336 g/mol. The van der Waals surface area contributed by atoms with E-state index in [9.17, 15) is 14.4 Å². The highest BCUT2D eigenvalue weighted by Crippen LogP contribution is 2.14. The third kappa shape index (κ3) is 5.91. The zero-order valence-corrected chi connectivity index (χ0v) is 14.3. The van der Waals surface area contributed by atoms with Crippen LogP contribution in [0.15, 0.2) is 24.3 Å². The molecule has 0 aromatic heterocycles. The highest BCUT2D eigenvalue weighted by Gasteiger charge is 2.24. The molecular formula is C17H24N2O5. The van der Waals surface area contributed by atoms with Crippen molar-refractivity contribution in [2.45, 2.75) is 32.7 Å². The van der Waals surface area contributed by atoms with Crippen molar-refractivity contribution in [3.63, 3.8) is 0 Å². The molecule has 1 rings (SSSR count). The van der Waals surface area contributed by atoms with Crippen LogP contribution in [0.25, 0.3) is 0 Å². The fourth-order valence-electron chi connectivity index (χ4n) is 2.12. The van der Waals surface area contributed by atoms with Crippen LogP contribution in [0.1, 0.15) is 37.0 Å². The van der Waals surface area contributed by atoms with Gasteiger partial charge in [0.2, 0.25) is 0 Å². The van der Waals surface area contributed by atoms with E-state index in [1.165, 1.54) is 0 Å². The number of nitrogens with one attached hydrogen (secondary N) is 2. The van der Waals surface area contributed by atoms with Gasteiger partial charge in [-0.3, -0.25) is 9.59 Å². The van der Waals surface area contributed by atoms with Gasteiger partial charge in [-0.05, 0) is 32.4 Å². The number of carbonyl (C=O) groups excluding carboxylic acids is 3. The first kappa shape index (κ1) is 19.5. The van der Waals surface area contributed by atoms with Gasteiger partial charge >= 0.3 is 11.9 Å². The van der Waals surface area contributed by atoms with E-state index in [2.05, 4.69) is 10.6 Å². The maximum absolute atomic E-state index is 12.4. The van der Waals surface area contributed by atoms with E-state index in [1.807, 2.05) is 0 Å². The Morgan fingerprint density at radius 2 is 1.75 bits per heavy atom. The predicted molar refractivity (Wildman–Crippen MR) is 89.7 cm³/mol. The van der Waals surface area contributed by atoms with Gasteiger partial charge in [-0.25, -0.2) is 4.79 Å². The topological polar surface area (TPSA) is 93.7 Å². The minimum atomic E-state index is -0.910. The van der Waals surface area contributed by atoms with Crippen LogP contribution in [0.3, 0.4) is 0 Å². The predicted octanol–water partition coefficient (Wildman–Crippen LogP) is 1.73. The van der Waals surface area contributed by atoms with Gasteiger partial charge in [0.05, 0.1) is 18.8 Å². The van der Waals surface area contributed by atoms with E-state index >= 15 is 0 Å². The molecule has 7 heteroatoms. The number of carbonyl (C=O) groups is 3.